The highest BCUT2D eigenvalue weighted by molar-refractivity contribution is 7.99. The highest BCUT2D eigenvalue weighted by atomic mass is 32.2. The predicted octanol–water partition coefficient (Wildman–Crippen LogP) is 4.24. The van der Waals surface area contributed by atoms with Crippen molar-refractivity contribution >= 4 is 23.1 Å². The van der Waals surface area contributed by atoms with Crippen molar-refractivity contribution in [2.75, 3.05) is 7.11 Å². The maximum atomic E-state index is 5.81. The molecule has 132 valence electrons. The molecule has 0 saturated heterocycles. The summed E-state index contributed by atoms with van der Waals surface area (Å²) >= 11 is 3.06. The molecule has 0 amide bonds. The molecule has 9 heteroatoms. The minimum absolute atomic E-state index is 0.0751. The SMILES string of the molecule is COc1ccccc1-n1cnnc1S[C@@H](C)c1nnc(-c2cccs2)o1. The Morgan fingerprint density at radius 2 is 2.04 bits per heavy atom. The summed E-state index contributed by atoms with van der Waals surface area (Å²) in [7, 11) is 1.64. The average Bonchev–Trinajstić information content (AvgIpc) is 3.41. The molecule has 0 saturated carbocycles. The molecule has 1 aromatic carbocycles. The zero-order valence-corrected chi connectivity index (χ0v) is 15.7. The zero-order chi connectivity index (χ0) is 17.9. The van der Waals surface area contributed by atoms with Crippen LogP contribution in [0.5, 0.6) is 5.75 Å². The van der Waals surface area contributed by atoms with Crippen LogP contribution in [-0.4, -0.2) is 32.1 Å². The lowest BCUT2D eigenvalue weighted by atomic mass is 10.3. The first-order valence-corrected chi connectivity index (χ1v) is 9.59. The van der Waals surface area contributed by atoms with E-state index in [2.05, 4.69) is 20.4 Å². The molecule has 0 bridgehead atoms. The van der Waals surface area contributed by atoms with Crippen molar-refractivity contribution in [3.63, 3.8) is 0 Å². The second kappa shape index (κ2) is 7.30. The Morgan fingerprint density at radius 3 is 2.85 bits per heavy atom. The fourth-order valence-corrected chi connectivity index (χ4v) is 3.92. The van der Waals surface area contributed by atoms with E-state index < -0.39 is 0 Å². The number of ether oxygens (including phenoxy) is 1. The van der Waals surface area contributed by atoms with Gasteiger partial charge in [-0.2, -0.15) is 0 Å². The fourth-order valence-electron chi connectivity index (χ4n) is 2.41. The minimum Gasteiger partial charge on any atom is -0.495 e. The van der Waals surface area contributed by atoms with Crippen LogP contribution in [0.2, 0.25) is 0 Å². The summed E-state index contributed by atoms with van der Waals surface area (Å²) in [6.07, 6.45) is 1.66. The van der Waals surface area contributed by atoms with Gasteiger partial charge in [-0.15, -0.1) is 31.7 Å². The second-order valence-corrected chi connectivity index (χ2v) is 7.59. The van der Waals surface area contributed by atoms with Gasteiger partial charge in [0.05, 0.1) is 22.9 Å². The molecule has 0 aliphatic rings. The molecule has 4 aromatic rings. The van der Waals surface area contributed by atoms with Gasteiger partial charge in [-0.1, -0.05) is 30.0 Å². The van der Waals surface area contributed by atoms with E-state index in [1.54, 1.807) is 24.8 Å². The van der Waals surface area contributed by atoms with Gasteiger partial charge < -0.3 is 9.15 Å². The molecule has 0 spiro atoms. The molecule has 3 heterocycles. The van der Waals surface area contributed by atoms with Gasteiger partial charge in [-0.05, 0) is 30.5 Å². The van der Waals surface area contributed by atoms with Crippen LogP contribution in [0, 0.1) is 0 Å². The van der Waals surface area contributed by atoms with Crippen LogP contribution in [0.15, 0.2) is 57.7 Å². The first-order valence-electron chi connectivity index (χ1n) is 7.83. The van der Waals surface area contributed by atoms with Crippen molar-refractivity contribution in [1.29, 1.82) is 0 Å². The van der Waals surface area contributed by atoms with E-state index in [-0.39, 0.29) is 5.25 Å². The van der Waals surface area contributed by atoms with Gasteiger partial charge in [0.15, 0.2) is 5.16 Å². The molecule has 3 aromatic heterocycles. The molecule has 7 nitrogen and oxygen atoms in total. The number of thiophene rings is 1. The van der Waals surface area contributed by atoms with Crippen molar-refractivity contribution in [3.8, 4) is 22.2 Å². The standard InChI is InChI=1S/C17H15N5O2S2/c1-11(15-19-20-16(24-15)14-8-5-9-25-14)26-17-21-18-10-22(17)12-6-3-4-7-13(12)23-2/h3-11H,1-2H3/t11-/m0/s1. The smallest absolute Gasteiger partial charge is 0.257 e. The summed E-state index contributed by atoms with van der Waals surface area (Å²) in [5, 5.41) is 19.2. The van der Waals surface area contributed by atoms with Crippen molar-refractivity contribution in [2.24, 2.45) is 0 Å². The number of rotatable bonds is 6. The van der Waals surface area contributed by atoms with E-state index in [9.17, 15) is 0 Å². The zero-order valence-electron chi connectivity index (χ0n) is 14.1. The lowest BCUT2D eigenvalue weighted by Crippen LogP contribution is -2.00. The third kappa shape index (κ3) is 3.23. The van der Waals surface area contributed by atoms with Crippen LogP contribution < -0.4 is 4.74 Å². The van der Waals surface area contributed by atoms with Crippen molar-refractivity contribution in [2.45, 2.75) is 17.3 Å². The number of thioether (sulfide) groups is 1. The number of hydrogen-bond acceptors (Lipinski definition) is 8. The molecule has 4 rings (SSSR count). The van der Waals surface area contributed by atoms with E-state index >= 15 is 0 Å². The summed E-state index contributed by atoms with van der Waals surface area (Å²) in [5.41, 5.74) is 0.875. The third-order valence-corrected chi connectivity index (χ3v) is 5.57. The van der Waals surface area contributed by atoms with E-state index in [0.29, 0.717) is 11.8 Å². The summed E-state index contributed by atoms with van der Waals surface area (Å²) in [4.78, 5) is 0.957. The van der Waals surface area contributed by atoms with Crippen LogP contribution in [-0.2, 0) is 0 Å². The van der Waals surface area contributed by atoms with E-state index in [1.807, 2.05) is 53.3 Å². The summed E-state index contributed by atoms with van der Waals surface area (Å²) in [6, 6.07) is 11.6. The van der Waals surface area contributed by atoms with Gasteiger partial charge in [-0.3, -0.25) is 4.57 Å². The number of aromatic nitrogens is 5. The third-order valence-electron chi connectivity index (χ3n) is 3.66. The summed E-state index contributed by atoms with van der Waals surface area (Å²) < 4.78 is 13.1. The minimum atomic E-state index is -0.0751. The lowest BCUT2D eigenvalue weighted by Gasteiger charge is -2.11. The molecule has 0 radical (unpaired) electrons. The van der Waals surface area contributed by atoms with Crippen LogP contribution in [0.3, 0.4) is 0 Å². The fraction of sp³-hybridized carbons (Fsp3) is 0.176. The average molecular weight is 385 g/mol. The van der Waals surface area contributed by atoms with Crippen LogP contribution in [0.1, 0.15) is 18.1 Å². The molecule has 26 heavy (non-hydrogen) atoms. The Labute approximate surface area is 158 Å². The summed E-state index contributed by atoms with van der Waals surface area (Å²) in [5.74, 6) is 1.83. The Kier molecular flexibility index (Phi) is 4.72. The Hall–Kier alpha value is -2.65. The van der Waals surface area contributed by atoms with Crippen molar-refractivity contribution in [1.82, 2.24) is 25.0 Å². The molecular formula is C17H15N5O2S2. The molecule has 0 N–H and O–H groups in total. The molecule has 0 aliphatic heterocycles. The van der Waals surface area contributed by atoms with Gasteiger partial charge in [-0.25, -0.2) is 0 Å². The first-order chi connectivity index (χ1) is 12.8. The Bertz CT molecular complexity index is 996. The highest BCUT2D eigenvalue weighted by Gasteiger charge is 2.20. The lowest BCUT2D eigenvalue weighted by molar-refractivity contribution is 0.412. The predicted molar refractivity (Wildman–Crippen MR) is 99.8 cm³/mol. The monoisotopic (exact) mass is 385 g/mol. The second-order valence-electron chi connectivity index (χ2n) is 5.34. The maximum Gasteiger partial charge on any atom is 0.257 e. The number of methoxy groups -OCH3 is 1. The number of hydrogen-bond donors (Lipinski definition) is 0. The van der Waals surface area contributed by atoms with Crippen LogP contribution in [0.4, 0.5) is 0 Å². The van der Waals surface area contributed by atoms with Crippen molar-refractivity contribution in [3.05, 3.63) is 54.0 Å². The Balaban J connectivity index is 1.58. The topological polar surface area (TPSA) is 78.9 Å². The normalized spacial score (nSPS) is 12.2. The van der Waals surface area contributed by atoms with Crippen LogP contribution >= 0.6 is 23.1 Å². The van der Waals surface area contributed by atoms with Gasteiger partial charge in [0, 0.05) is 0 Å². The molecule has 0 unspecified atom stereocenters. The van der Waals surface area contributed by atoms with E-state index in [1.165, 1.54) is 11.8 Å². The molecule has 1 atom stereocenters. The first kappa shape index (κ1) is 16.8. The van der Waals surface area contributed by atoms with E-state index in [4.69, 9.17) is 9.15 Å². The molecule has 0 fully saturated rings. The summed E-state index contributed by atoms with van der Waals surface area (Å²) in [6.45, 7) is 2.00. The number of para-hydroxylation sites is 2. The van der Waals surface area contributed by atoms with Crippen LogP contribution in [0.25, 0.3) is 16.5 Å². The Morgan fingerprint density at radius 1 is 1.15 bits per heavy atom. The van der Waals surface area contributed by atoms with Gasteiger partial charge in [0.2, 0.25) is 5.89 Å². The highest BCUT2D eigenvalue weighted by Crippen LogP contribution is 2.36. The van der Waals surface area contributed by atoms with Gasteiger partial charge in [0.25, 0.3) is 5.89 Å². The van der Waals surface area contributed by atoms with Gasteiger partial charge >= 0.3 is 0 Å². The maximum absolute atomic E-state index is 5.81. The largest absolute Gasteiger partial charge is 0.495 e. The van der Waals surface area contributed by atoms with Gasteiger partial charge in [0.1, 0.15) is 12.1 Å². The number of benzene rings is 1. The van der Waals surface area contributed by atoms with Crippen molar-refractivity contribution < 1.29 is 9.15 Å². The quantitative estimate of drug-likeness (QED) is 0.459. The molecular weight excluding hydrogens is 370 g/mol. The van der Waals surface area contributed by atoms with E-state index in [0.717, 1.165) is 21.5 Å². The molecule has 0 aliphatic carbocycles. The number of nitrogens with zero attached hydrogens (tertiary/aromatic N) is 5.